The minimum absolute atomic E-state index is 0.0812. The molecule has 0 bridgehead atoms. The molecule has 116 valence electrons. The average Bonchev–Trinajstić information content (AvgIpc) is 2.79. The van der Waals surface area contributed by atoms with Gasteiger partial charge >= 0.3 is 0 Å². The molecule has 0 spiro atoms. The Morgan fingerprint density at radius 1 is 1.18 bits per heavy atom. The van der Waals surface area contributed by atoms with Crippen LogP contribution < -0.4 is 0 Å². The van der Waals surface area contributed by atoms with Crippen LogP contribution in [0.1, 0.15) is 63.0 Å². The molecule has 1 nitrogen and oxygen atoms in total. The van der Waals surface area contributed by atoms with Gasteiger partial charge in [-0.2, -0.15) is 0 Å². The van der Waals surface area contributed by atoms with E-state index < -0.39 is 0 Å². The predicted octanol–water partition coefficient (Wildman–Crippen LogP) is 4.89. The van der Waals surface area contributed by atoms with Crippen molar-refractivity contribution in [2.45, 2.75) is 58.3 Å². The van der Waals surface area contributed by atoms with Crippen LogP contribution in [0.15, 0.2) is 18.2 Å². The van der Waals surface area contributed by atoms with Crippen LogP contribution >= 0.6 is 0 Å². The molecule has 4 rings (SSSR count). The molecule has 1 aromatic rings. The van der Waals surface area contributed by atoms with Crippen molar-refractivity contribution in [3.05, 3.63) is 29.3 Å². The van der Waals surface area contributed by atoms with E-state index in [1.165, 1.54) is 43.2 Å². The molecule has 0 aromatic heterocycles. The largest absolute Gasteiger partial charge is 0.508 e. The molecule has 2 saturated carbocycles. The zero-order chi connectivity index (χ0) is 15.5. The second-order valence-corrected chi connectivity index (χ2v) is 8.27. The van der Waals surface area contributed by atoms with E-state index in [-0.39, 0.29) is 5.41 Å². The summed E-state index contributed by atoms with van der Waals surface area (Å²) in [4.78, 5) is 0. The lowest BCUT2D eigenvalue weighted by Crippen LogP contribution is -2.45. The van der Waals surface area contributed by atoms with Crippen molar-refractivity contribution in [2.24, 2.45) is 22.7 Å². The zero-order valence-corrected chi connectivity index (χ0v) is 13.7. The highest BCUT2D eigenvalue weighted by atomic mass is 16.3. The van der Waals surface area contributed by atoms with Gasteiger partial charge in [0, 0.05) is 5.41 Å². The lowest BCUT2D eigenvalue weighted by atomic mass is 9.51. The first-order chi connectivity index (χ1) is 10.5. The topological polar surface area (TPSA) is 20.2 Å². The van der Waals surface area contributed by atoms with E-state index in [9.17, 15) is 5.11 Å². The van der Waals surface area contributed by atoms with E-state index in [4.69, 9.17) is 6.42 Å². The number of phenols is 1. The lowest BCUT2D eigenvalue weighted by Gasteiger charge is -2.53. The summed E-state index contributed by atoms with van der Waals surface area (Å²) >= 11 is 0. The summed E-state index contributed by atoms with van der Waals surface area (Å²) < 4.78 is 0. The first-order valence-electron chi connectivity index (χ1n) is 8.78. The number of fused-ring (bicyclic) bond motifs is 5. The Morgan fingerprint density at radius 3 is 2.77 bits per heavy atom. The first-order valence-corrected chi connectivity index (χ1v) is 8.78. The fraction of sp³-hybridized carbons (Fsp3) is 0.619. The molecule has 0 heterocycles. The van der Waals surface area contributed by atoms with E-state index in [1.807, 2.05) is 12.1 Å². The van der Waals surface area contributed by atoms with E-state index >= 15 is 0 Å². The van der Waals surface area contributed by atoms with E-state index in [2.05, 4.69) is 25.8 Å². The van der Waals surface area contributed by atoms with Crippen LogP contribution in [0.5, 0.6) is 5.75 Å². The number of terminal acetylenes is 1. The maximum absolute atomic E-state index is 9.75. The first kappa shape index (κ1) is 14.2. The third-order valence-electron chi connectivity index (χ3n) is 7.63. The molecule has 1 N–H and O–H groups in total. The molecular weight excluding hydrogens is 268 g/mol. The quantitative estimate of drug-likeness (QED) is 0.676. The maximum atomic E-state index is 9.75. The fourth-order valence-corrected chi connectivity index (χ4v) is 6.07. The molecule has 2 fully saturated rings. The summed E-state index contributed by atoms with van der Waals surface area (Å²) in [6, 6.07) is 6.04. The van der Waals surface area contributed by atoms with Crippen molar-refractivity contribution >= 4 is 0 Å². The summed E-state index contributed by atoms with van der Waals surface area (Å²) in [6.45, 7) is 4.79. The van der Waals surface area contributed by atoms with Gasteiger partial charge in [0.1, 0.15) is 5.75 Å². The van der Waals surface area contributed by atoms with Crippen molar-refractivity contribution in [3.63, 3.8) is 0 Å². The number of aryl methyl sites for hydroxylation is 1. The molecule has 0 aliphatic heterocycles. The fourth-order valence-electron chi connectivity index (χ4n) is 6.07. The van der Waals surface area contributed by atoms with E-state index in [0.717, 1.165) is 18.3 Å². The molecule has 5 atom stereocenters. The summed E-state index contributed by atoms with van der Waals surface area (Å²) in [5, 5.41) is 9.75. The van der Waals surface area contributed by atoms with Gasteiger partial charge in [-0.15, -0.1) is 6.42 Å². The molecule has 1 aromatic carbocycles. The van der Waals surface area contributed by atoms with Crippen LogP contribution in [-0.4, -0.2) is 5.11 Å². The number of phenolic OH excluding ortho intramolecular Hbond substituents is 1. The van der Waals surface area contributed by atoms with Gasteiger partial charge in [0.05, 0.1) is 0 Å². The molecule has 0 radical (unpaired) electrons. The summed E-state index contributed by atoms with van der Waals surface area (Å²) in [6.07, 6.45) is 13.3. The Labute approximate surface area is 134 Å². The van der Waals surface area contributed by atoms with Crippen LogP contribution in [0.4, 0.5) is 0 Å². The third kappa shape index (κ3) is 1.67. The zero-order valence-electron chi connectivity index (χ0n) is 13.7. The Kier molecular flexibility index (Phi) is 2.93. The van der Waals surface area contributed by atoms with Gasteiger partial charge in [-0.05, 0) is 91.9 Å². The van der Waals surface area contributed by atoms with Crippen LogP contribution in [-0.2, 0) is 6.42 Å². The SMILES string of the molecule is C#C[C@@]1(C)CC[C@H]2[C@@H]3CCc4cc(O)ccc4[C@H]3CC[C@@]21C. The normalized spacial score (nSPS) is 42.9. The van der Waals surface area contributed by atoms with Gasteiger partial charge in [-0.3, -0.25) is 0 Å². The van der Waals surface area contributed by atoms with Gasteiger partial charge < -0.3 is 5.11 Å². The smallest absolute Gasteiger partial charge is 0.115 e. The molecule has 3 aliphatic rings. The Balaban J connectivity index is 1.72. The van der Waals surface area contributed by atoms with Crippen LogP contribution in [0.3, 0.4) is 0 Å². The third-order valence-corrected chi connectivity index (χ3v) is 7.63. The average molecular weight is 294 g/mol. The van der Waals surface area contributed by atoms with Gasteiger partial charge in [0.15, 0.2) is 0 Å². The lowest BCUT2D eigenvalue weighted by molar-refractivity contribution is 0.00890. The molecule has 0 amide bonds. The van der Waals surface area contributed by atoms with E-state index in [0.29, 0.717) is 17.1 Å². The Hall–Kier alpha value is -1.42. The Morgan fingerprint density at radius 2 is 2.00 bits per heavy atom. The molecule has 3 aliphatic carbocycles. The monoisotopic (exact) mass is 294 g/mol. The molecule has 0 unspecified atom stereocenters. The van der Waals surface area contributed by atoms with Crippen molar-refractivity contribution < 1.29 is 5.11 Å². The van der Waals surface area contributed by atoms with Crippen molar-refractivity contribution in [1.82, 2.24) is 0 Å². The predicted molar refractivity (Wildman–Crippen MR) is 89.7 cm³/mol. The highest BCUT2D eigenvalue weighted by Gasteiger charge is 2.59. The van der Waals surface area contributed by atoms with Crippen LogP contribution in [0.25, 0.3) is 0 Å². The van der Waals surface area contributed by atoms with Crippen LogP contribution in [0.2, 0.25) is 0 Å². The summed E-state index contributed by atoms with van der Waals surface area (Å²) in [5.41, 5.74) is 3.28. The van der Waals surface area contributed by atoms with Crippen molar-refractivity contribution in [1.29, 1.82) is 0 Å². The highest BCUT2D eigenvalue weighted by Crippen LogP contribution is 2.67. The van der Waals surface area contributed by atoms with Crippen LogP contribution in [0, 0.1) is 35.0 Å². The van der Waals surface area contributed by atoms with Gasteiger partial charge in [0.2, 0.25) is 0 Å². The molecule has 22 heavy (non-hydrogen) atoms. The number of aromatic hydroxyl groups is 1. The Bertz CT molecular complexity index is 654. The number of hydrogen-bond acceptors (Lipinski definition) is 1. The standard InChI is InChI=1S/C21H26O/c1-4-20(2)11-10-19-18-7-5-14-13-15(22)6-8-16(14)17(18)9-12-21(19,20)3/h1,6,8,13,17-19,22H,5,7,9-12H2,2-3H3/t17-,18-,19+,20+,21+/m1/s1. The summed E-state index contributed by atoms with van der Waals surface area (Å²) in [5.74, 6) is 5.82. The minimum atomic E-state index is 0.0812. The molecular formula is C21H26O. The van der Waals surface area contributed by atoms with Gasteiger partial charge in [-0.1, -0.05) is 18.9 Å². The number of benzene rings is 1. The second kappa shape index (κ2) is 4.54. The van der Waals surface area contributed by atoms with Crippen molar-refractivity contribution in [3.8, 4) is 18.1 Å². The summed E-state index contributed by atoms with van der Waals surface area (Å²) in [7, 11) is 0. The maximum Gasteiger partial charge on any atom is 0.115 e. The number of rotatable bonds is 0. The molecule has 0 saturated heterocycles. The van der Waals surface area contributed by atoms with E-state index in [1.54, 1.807) is 0 Å². The van der Waals surface area contributed by atoms with Crippen molar-refractivity contribution in [2.75, 3.05) is 0 Å². The highest BCUT2D eigenvalue weighted by molar-refractivity contribution is 5.40. The molecule has 1 heteroatoms. The second-order valence-electron chi connectivity index (χ2n) is 8.27. The minimum Gasteiger partial charge on any atom is -0.508 e. The van der Waals surface area contributed by atoms with Gasteiger partial charge in [0.25, 0.3) is 0 Å². The number of hydrogen-bond donors (Lipinski definition) is 1. The van der Waals surface area contributed by atoms with Gasteiger partial charge in [-0.25, -0.2) is 0 Å².